The second-order valence-electron chi connectivity index (χ2n) is 4.77. The molecule has 1 aromatic carbocycles. The summed E-state index contributed by atoms with van der Waals surface area (Å²) in [5.74, 6) is -0.781. The van der Waals surface area contributed by atoms with Gasteiger partial charge in [0.2, 0.25) is 0 Å². The van der Waals surface area contributed by atoms with Gasteiger partial charge in [-0.2, -0.15) is 0 Å². The van der Waals surface area contributed by atoms with Crippen LogP contribution in [0.3, 0.4) is 0 Å². The van der Waals surface area contributed by atoms with Gasteiger partial charge in [0.25, 0.3) is 0 Å². The van der Waals surface area contributed by atoms with Crippen LogP contribution in [0.15, 0.2) is 30.3 Å². The van der Waals surface area contributed by atoms with E-state index in [-0.39, 0.29) is 0 Å². The molecule has 1 saturated heterocycles. The van der Waals surface area contributed by atoms with Gasteiger partial charge in [0.15, 0.2) is 6.04 Å². The highest BCUT2D eigenvalue weighted by Crippen LogP contribution is 2.13. The van der Waals surface area contributed by atoms with Gasteiger partial charge in [-0.1, -0.05) is 30.3 Å². The van der Waals surface area contributed by atoms with Crippen LogP contribution in [0, 0.1) is 5.92 Å². The molecule has 20 heavy (non-hydrogen) atoms. The molecule has 0 saturated carbocycles. The number of nitrogens with one attached hydrogen (secondary N) is 2. The lowest BCUT2D eigenvalue weighted by molar-refractivity contribution is -0.139. The van der Waals surface area contributed by atoms with Crippen molar-refractivity contribution in [2.75, 3.05) is 19.8 Å². The summed E-state index contributed by atoms with van der Waals surface area (Å²) in [5.41, 5.74) is 0.541. The normalized spacial score (nSPS) is 19.3. The highest BCUT2D eigenvalue weighted by Gasteiger charge is 2.22. The van der Waals surface area contributed by atoms with Crippen LogP contribution in [0.1, 0.15) is 18.0 Å². The Kier molecular flexibility index (Phi) is 4.95. The minimum Gasteiger partial charge on any atom is -0.479 e. The number of aliphatic carboxylic acids is 1. The summed E-state index contributed by atoms with van der Waals surface area (Å²) < 4.78 is 5.21. The fourth-order valence-corrected chi connectivity index (χ4v) is 2.10. The van der Waals surface area contributed by atoms with Gasteiger partial charge in [-0.05, 0) is 12.0 Å². The molecule has 1 fully saturated rings. The second-order valence-corrected chi connectivity index (χ2v) is 4.77. The van der Waals surface area contributed by atoms with Gasteiger partial charge in [-0.3, -0.25) is 0 Å². The Morgan fingerprint density at radius 3 is 2.70 bits per heavy atom. The summed E-state index contributed by atoms with van der Waals surface area (Å²) in [6, 6.07) is 7.09. The smallest absolute Gasteiger partial charge is 0.330 e. The van der Waals surface area contributed by atoms with Crippen LogP contribution in [0.4, 0.5) is 4.79 Å². The van der Waals surface area contributed by atoms with E-state index < -0.39 is 18.0 Å². The van der Waals surface area contributed by atoms with Crippen molar-refractivity contribution >= 4 is 12.0 Å². The SMILES string of the molecule is O=C(NCC1CCOC1)NC(C(=O)O)c1ccccc1. The van der Waals surface area contributed by atoms with Crippen LogP contribution < -0.4 is 10.6 Å². The number of benzene rings is 1. The zero-order valence-corrected chi connectivity index (χ0v) is 11.0. The highest BCUT2D eigenvalue weighted by molar-refractivity contribution is 5.83. The van der Waals surface area contributed by atoms with Crippen molar-refractivity contribution < 1.29 is 19.4 Å². The van der Waals surface area contributed by atoms with E-state index in [0.717, 1.165) is 13.0 Å². The Balaban J connectivity index is 1.87. The first kappa shape index (κ1) is 14.3. The Hall–Kier alpha value is -2.08. The first-order valence-corrected chi connectivity index (χ1v) is 6.56. The molecule has 0 aliphatic carbocycles. The Morgan fingerprint density at radius 1 is 1.35 bits per heavy atom. The van der Waals surface area contributed by atoms with E-state index >= 15 is 0 Å². The van der Waals surface area contributed by atoms with E-state index in [1.165, 1.54) is 0 Å². The third-order valence-electron chi connectivity index (χ3n) is 3.23. The summed E-state index contributed by atoms with van der Waals surface area (Å²) in [6.07, 6.45) is 0.918. The standard InChI is InChI=1S/C14H18N2O4/c17-13(18)12(11-4-2-1-3-5-11)16-14(19)15-8-10-6-7-20-9-10/h1-5,10,12H,6-9H2,(H,17,18)(H2,15,16,19). The lowest BCUT2D eigenvalue weighted by Crippen LogP contribution is -2.42. The summed E-state index contributed by atoms with van der Waals surface area (Å²) in [5, 5.41) is 14.3. The van der Waals surface area contributed by atoms with Crippen molar-refractivity contribution in [3.05, 3.63) is 35.9 Å². The summed E-state index contributed by atoms with van der Waals surface area (Å²) in [4.78, 5) is 23.0. The lowest BCUT2D eigenvalue weighted by atomic mass is 10.1. The number of urea groups is 1. The molecule has 0 aromatic heterocycles. The molecule has 1 aliphatic heterocycles. The summed E-state index contributed by atoms with van der Waals surface area (Å²) in [7, 11) is 0. The van der Waals surface area contributed by atoms with Crippen LogP contribution in [0.25, 0.3) is 0 Å². The van der Waals surface area contributed by atoms with Crippen LogP contribution >= 0.6 is 0 Å². The van der Waals surface area contributed by atoms with Crippen LogP contribution in [0.5, 0.6) is 0 Å². The maximum absolute atomic E-state index is 11.8. The molecule has 2 unspecified atom stereocenters. The summed E-state index contributed by atoms with van der Waals surface area (Å²) in [6.45, 7) is 1.85. The number of carboxylic acid groups (broad SMARTS) is 1. The zero-order chi connectivity index (χ0) is 14.4. The molecule has 108 valence electrons. The zero-order valence-electron chi connectivity index (χ0n) is 11.0. The van der Waals surface area contributed by atoms with E-state index in [1.54, 1.807) is 30.3 Å². The van der Waals surface area contributed by atoms with Gasteiger partial charge >= 0.3 is 12.0 Å². The van der Waals surface area contributed by atoms with E-state index in [0.29, 0.717) is 24.6 Å². The van der Waals surface area contributed by atoms with Crippen molar-refractivity contribution in [2.24, 2.45) is 5.92 Å². The quantitative estimate of drug-likeness (QED) is 0.754. The van der Waals surface area contributed by atoms with Crippen molar-refractivity contribution in [2.45, 2.75) is 12.5 Å². The number of hydrogen-bond acceptors (Lipinski definition) is 3. The topological polar surface area (TPSA) is 87.7 Å². The number of carbonyl (C=O) groups excluding carboxylic acids is 1. The first-order chi connectivity index (χ1) is 9.66. The van der Waals surface area contributed by atoms with Gasteiger partial charge in [0.05, 0.1) is 6.61 Å². The lowest BCUT2D eigenvalue weighted by Gasteiger charge is -2.16. The molecule has 3 N–H and O–H groups in total. The number of ether oxygens (including phenoxy) is 1. The Morgan fingerprint density at radius 2 is 2.10 bits per heavy atom. The van der Waals surface area contributed by atoms with E-state index in [4.69, 9.17) is 4.74 Å². The number of carbonyl (C=O) groups is 2. The number of hydrogen-bond donors (Lipinski definition) is 3. The fourth-order valence-electron chi connectivity index (χ4n) is 2.10. The third kappa shape index (κ3) is 3.96. The molecule has 0 spiro atoms. The minimum absolute atomic E-state index is 0.306. The predicted molar refractivity (Wildman–Crippen MR) is 72.3 cm³/mol. The molecule has 1 aliphatic rings. The molecule has 2 rings (SSSR count). The molecule has 2 amide bonds. The van der Waals surface area contributed by atoms with E-state index in [9.17, 15) is 14.7 Å². The number of carboxylic acids is 1. The average Bonchev–Trinajstić information content (AvgIpc) is 2.96. The van der Waals surface area contributed by atoms with Crippen molar-refractivity contribution in [3.8, 4) is 0 Å². The molecule has 6 nitrogen and oxygen atoms in total. The van der Waals surface area contributed by atoms with E-state index in [2.05, 4.69) is 10.6 Å². The largest absolute Gasteiger partial charge is 0.479 e. The predicted octanol–water partition coefficient (Wildman–Crippen LogP) is 1.15. The molecular formula is C14H18N2O4. The second kappa shape index (κ2) is 6.91. The maximum Gasteiger partial charge on any atom is 0.330 e. The van der Waals surface area contributed by atoms with Crippen molar-refractivity contribution in [3.63, 3.8) is 0 Å². The average molecular weight is 278 g/mol. The van der Waals surface area contributed by atoms with Crippen LogP contribution in [-0.2, 0) is 9.53 Å². The van der Waals surface area contributed by atoms with E-state index in [1.807, 2.05) is 0 Å². The molecule has 0 bridgehead atoms. The van der Waals surface area contributed by atoms with Crippen molar-refractivity contribution in [1.29, 1.82) is 0 Å². The van der Waals surface area contributed by atoms with Crippen LogP contribution in [-0.4, -0.2) is 36.9 Å². The van der Waals surface area contributed by atoms with Crippen molar-refractivity contribution in [1.82, 2.24) is 10.6 Å². The third-order valence-corrected chi connectivity index (χ3v) is 3.23. The van der Waals surface area contributed by atoms with Gasteiger partial charge in [0.1, 0.15) is 0 Å². The van der Waals surface area contributed by atoms with Gasteiger partial charge in [-0.25, -0.2) is 9.59 Å². The Labute approximate surface area is 117 Å². The fraction of sp³-hybridized carbons (Fsp3) is 0.429. The molecular weight excluding hydrogens is 260 g/mol. The van der Waals surface area contributed by atoms with Gasteiger partial charge in [0, 0.05) is 19.1 Å². The first-order valence-electron chi connectivity index (χ1n) is 6.56. The summed E-state index contributed by atoms with van der Waals surface area (Å²) >= 11 is 0. The molecule has 1 heterocycles. The molecule has 1 aromatic rings. The van der Waals surface area contributed by atoms with Gasteiger partial charge in [-0.15, -0.1) is 0 Å². The monoisotopic (exact) mass is 278 g/mol. The molecule has 2 atom stereocenters. The minimum atomic E-state index is -1.09. The Bertz CT molecular complexity index is 458. The van der Waals surface area contributed by atoms with Crippen LogP contribution in [0.2, 0.25) is 0 Å². The molecule has 0 radical (unpaired) electrons. The molecule has 6 heteroatoms. The highest BCUT2D eigenvalue weighted by atomic mass is 16.5. The maximum atomic E-state index is 11.8. The number of rotatable bonds is 5. The number of amides is 2. The van der Waals surface area contributed by atoms with Gasteiger partial charge < -0.3 is 20.5 Å².